The zero-order valence-corrected chi connectivity index (χ0v) is 19.2. The van der Waals surface area contributed by atoms with Crippen molar-refractivity contribution in [3.05, 3.63) is 57.5 Å². The van der Waals surface area contributed by atoms with Gasteiger partial charge in [-0.15, -0.1) is 0 Å². The van der Waals surface area contributed by atoms with Crippen molar-refractivity contribution in [1.29, 1.82) is 0 Å². The number of fused-ring (bicyclic) bond motifs is 1. The largest absolute Gasteiger partial charge is 0.333 e. The molecule has 1 aromatic carbocycles. The van der Waals surface area contributed by atoms with E-state index in [0.29, 0.717) is 22.5 Å². The lowest BCUT2D eigenvalue weighted by molar-refractivity contribution is -0.137. The van der Waals surface area contributed by atoms with Gasteiger partial charge >= 0.3 is 0 Å². The second-order valence-electron chi connectivity index (χ2n) is 8.74. The second kappa shape index (κ2) is 9.02. The Kier molecular flexibility index (Phi) is 6.33. The third-order valence-corrected chi connectivity index (χ3v) is 7.15. The van der Waals surface area contributed by atoms with Gasteiger partial charge < -0.3 is 4.90 Å². The second-order valence-corrected chi connectivity index (χ2v) is 9.15. The van der Waals surface area contributed by atoms with Gasteiger partial charge in [-0.3, -0.25) is 18.8 Å². The fraction of sp³-hybridized carbons (Fsp3) is 0.478. The molecule has 1 aliphatic rings. The molecule has 9 heteroatoms. The summed E-state index contributed by atoms with van der Waals surface area (Å²) in [6.45, 7) is 4.19. The van der Waals surface area contributed by atoms with E-state index < -0.39 is 5.82 Å². The molecule has 1 fully saturated rings. The molecule has 2 aromatic heterocycles. The topological polar surface area (TPSA) is 73.0 Å². The van der Waals surface area contributed by atoms with Crippen LogP contribution in [-0.4, -0.2) is 36.2 Å². The van der Waals surface area contributed by atoms with Crippen molar-refractivity contribution in [2.24, 2.45) is 18.9 Å². The number of nitrogens with zero attached hydrogens (tertiary/aromatic N) is 5. The molecule has 0 aliphatic heterocycles. The molecule has 1 amide bonds. The van der Waals surface area contributed by atoms with Gasteiger partial charge in [0.15, 0.2) is 5.65 Å². The quantitative estimate of drug-likeness (QED) is 0.582. The molecular formula is C23H27ClFN5O2. The standard InChI is InChI=1S/C23H27ClFN5O2/c1-14-6-4-9-20(15(14)2)30(11-17-18(24)7-5-8-19(17)25)21(31)12-29-13-26-22-16(23(29)32)10-27-28(22)3/h5,7-8,10,13-15,20H,4,6,9,11-12H2,1-3H3/t14-,15-,20-/m1/s1. The normalized spacial score (nSPS) is 21.1. The van der Waals surface area contributed by atoms with Crippen LogP contribution >= 0.6 is 11.6 Å². The molecule has 0 N–H and O–H groups in total. The number of aromatic nitrogens is 4. The number of benzene rings is 1. The van der Waals surface area contributed by atoms with E-state index in [1.807, 2.05) is 0 Å². The zero-order valence-electron chi connectivity index (χ0n) is 18.5. The summed E-state index contributed by atoms with van der Waals surface area (Å²) in [6, 6.07) is 4.46. The van der Waals surface area contributed by atoms with Crippen molar-refractivity contribution >= 4 is 28.5 Å². The van der Waals surface area contributed by atoms with Crippen LogP contribution in [0.5, 0.6) is 0 Å². The summed E-state index contributed by atoms with van der Waals surface area (Å²) in [4.78, 5) is 32.4. The molecule has 1 aliphatic carbocycles. The summed E-state index contributed by atoms with van der Waals surface area (Å²) in [5.74, 6) is -0.0185. The van der Waals surface area contributed by atoms with Gasteiger partial charge in [-0.1, -0.05) is 44.4 Å². The van der Waals surface area contributed by atoms with Gasteiger partial charge in [0.2, 0.25) is 5.91 Å². The molecule has 2 heterocycles. The Morgan fingerprint density at radius 1 is 1.31 bits per heavy atom. The van der Waals surface area contributed by atoms with Crippen molar-refractivity contribution in [2.75, 3.05) is 0 Å². The molecule has 3 aromatic rings. The molecule has 4 rings (SSSR count). The Balaban J connectivity index is 1.68. The number of carbonyl (C=O) groups is 1. The van der Waals surface area contributed by atoms with Crippen molar-refractivity contribution in [1.82, 2.24) is 24.2 Å². The minimum Gasteiger partial charge on any atom is -0.333 e. The molecule has 0 saturated heterocycles. The highest BCUT2D eigenvalue weighted by Crippen LogP contribution is 2.34. The average Bonchev–Trinajstić information content (AvgIpc) is 3.14. The minimum atomic E-state index is -0.442. The highest BCUT2D eigenvalue weighted by atomic mass is 35.5. The number of rotatable bonds is 5. The molecule has 0 bridgehead atoms. The van der Waals surface area contributed by atoms with E-state index in [1.165, 1.54) is 27.8 Å². The van der Waals surface area contributed by atoms with E-state index in [4.69, 9.17) is 11.6 Å². The van der Waals surface area contributed by atoms with Crippen LogP contribution in [0.25, 0.3) is 11.0 Å². The lowest BCUT2D eigenvalue weighted by Crippen LogP contribution is -2.48. The summed E-state index contributed by atoms with van der Waals surface area (Å²) in [6.07, 6.45) is 5.74. The first-order valence-corrected chi connectivity index (χ1v) is 11.2. The predicted molar refractivity (Wildman–Crippen MR) is 121 cm³/mol. The highest BCUT2D eigenvalue weighted by Gasteiger charge is 2.35. The van der Waals surface area contributed by atoms with Gasteiger partial charge in [-0.2, -0.15) is 5.10 Å². The molecule has 0 unspecified atom stereocenters. The molecule has 170 valence electrons. The number of aryl methyl sites for hydroxylation is 1. The molecule has 0 spiro atoms. The van der Waals surface area contributed by atoms with Crippen LogP contribution in [0, 0.1) is 17.7 Å². The van der Waals surface area contributed by atoms with Crippen LogP contribution in [0.3, 0.4) is 0 Å². The molecule has 1 saturated carbocycles. The van der Waals surface area contributed by atoms with E-state index in [9.17, 15) is 14.0 Å². The number of halogens is 2. The van der Waals surface area contributed by atoms with Gasteiger partial charge in [-0.25, -0.2) is 9.37 Å². The van der Waals surface area contributed by atoms with Crippen LogP contribution in [0.4, 0.5) is 4.39 Å². The lowest BCUT2D eigenvalue weighted by Gasteiger charge is -2.42. The first kappa shape index (κ1) is 22.5. The van der Waals surface area contributed by atoms with E-state index in [1.54, 1.807) is 24.1 Å². The monoisotopic (exact) mass is 459 g/mol. The summed E-state index contributed by atoms with van der Waals surface area (Å²) >= 11 is 6.28. The molecule has 32 heavy (non-hydrogen) atoms. The van der Waals surface area contributed by atoms with Gasteiger partial charge in [0.1, 0.15) is 24.1 Å². The van der Waals surface area contributed by atoms with E-state index in [2.05, 4.69) is 23.9 Å². The average molecular weight is 460 g/mol. The smallest absolute Gasteiger partial charge is 0.264 e. The van der Waals surface area contributed by atoms with Gasteiger partial charge in [0.05, 0.1) is 12.7 Å². The van der Waals surface area contributed by atoms with Crippen molar-refractivity contribution in [3.8, 4) is 0 Å². The van der Waals surface area contributed by atoms with Crippen LogP contribution < -0.4 is 5.56 Å². The van der Waals surface area contributed by atoms with Gasteiger partial charge in [-0.05, 0) is 30.4 Å². The van der Waals surface area contributed by atoms with Gasteiger partial charge in [0, 0.05) is 23.7 Å². The Morgan fingerprint density at radius 2 is 2.09 bits per heavy atom. The third-order valence-electron chi connectivity index (χ3n) is 6.80. The Morgan fingerprint density at radius 3 is 2.84 bits per heavy atom. The van der Waals surface area contributed by atoms with Crippen LogP contribution in [0.1, 0.15) is 38.7 Å². The summed E-state index contributed by atoms with van der Waals surface area (Å²) in [5, 5.41) is 4.71. The molecular weight excluding hydrogens is 433 g/mol. The molecule has 7 nitrogen and oxygen atoms in total. The van der Waals surface area contributed by atoms with Crippen LogP contribution in [0.15, 0.2) is 35.5 Å². The fourth-order valence-electron chi connectivity index (χ4n) is 4.65. The van der Waals surface area contributed by atoms with Crippen molar-refractivity contribution in [3.63, 3.8) is 0 Å². The highest BCUT2D eigenvalue weighted by molar-refractivity contribution is 6.31. The third kappa shape index (κ3) is 4.16. The summed E-state index contributed by atoms with van der Waals surface area (Å²) in [7, 11) is 1.70. The van der Waals surface area contributed by atoms with E-state index >= 15 is 0 Å². The summed E-state index contributed by atoms with van der Waals surface area (Å²) in [5.41, 5.74) is 0.426. The first-order chi connectivity index (χ1) is 15.3. The van der Waals surface area contributed by atoms with Crippen LogP contribution in [0.2, 0.25) is 5.02 Å². The number of hydrogen-bond acceptors (Lipinski definition) is 4. The minimum absolute atomic E-state index is 0.0589. The maximum atomic E-state index is 14.6. The Bertz CT molecular complexity index is 1190. The SMILES string of the molecule is C[C@@H]1[C@H](C)CCC[C@H]1N(Cc1c(F)cccc1Cl)C(=O)Cn1cnc2c(cnn2C)c1=O. The molecule has 3 atom stereocenters. The first-order valence-electron chi connectivity index (χ1n) is 10.9. The maximum Gasteiger partial charge on any atom is 0.264 e. The van der Waals surface area contributed by atoms with E-state index in [0.717, 1.165) is 19.3 Å². The van der Waals surface area contributed by atoms with Crippen molar-refractivity contribution in [2.45, 2.75) is 52.2 Å². The fourth-order valence-corrected chi connectivity index (χ4v) is 4.88. The predicted octanol–water partition coefficient (Wildman–Crippen LogP) is 3.78. The molecule has 0 radical (unpaired) electrons. The maximum absolute atomic E-state index is 14.6. The van der Waals surface area contributed by atoms with Crippen LogP contribution in [-0.2, 0) is 24.9 Å². The van der Waals surface area contributed by atoms with Crippen molar-refractivity contribution < 1.29 is 9.18 Å². The number of hydrogen-bond donors (Lipinski definition) is 0. The number of amides is 1. The number of carbonyl (C=O) groups excluding carboxylic acids is 1. The van der Waals surface area contributed by atoms with Gasteiger partial charge in [0.25, 0.3) is 5.56 Å². The Hall–Kier alpha value is -2.74. The summed E-state index contributed by atoms with van der Waals surface area (Å²) < 4.78 is 17.4. The zero-order chi connectivity index (χ0) is 23.0. The van der Waals surface area contributed by atoms with E-state index in [-0.39, 0.29) is 41.5 Å². The lowest BCUT2D eigenvalue weighted by atomic mass is 9.77. The Labute approximate surface area is 190 Å².